The quantitative estimate of drug-likeness (QED) is 0.135. The van der Waals surface area contributed by atoms with Crippen molar-refractivity contribution < 1.29 is 14.6 Å². The van der Waals surface area contributed by atoms with Gasteiger partial charge in [-0.25, -0.2) is 4.79 Å². The number of hydrogen-bond donors (Lipinski definition) is 1. The molecule has 0 amide bonds. The van der Waals surface area contributed by atoms with Gasteiger partial charge in [-0.3, -0.25) is 0 Å². The number of carbonyl (C=O) groups excluding carboxylic acids is 1. The lowest BCUT2D eigenvalue weighted by molar-refractivity contribution is -0.134. The van der Waals surface area contributed by atoms with Gasteiger partial charge in [0.2, 0.25) is 0 Å². The third-order valence-electron chi connectivity index (χ3n) is 3.69. The summed E-state index contributed by atoms with van der Waals surface area (Å²) in [5.41, 5.74) is 0. The van der Waals surface area contributed by atoms with Gasteiger partial charge >= 0.3 is 5.97 Å². The van der Waals surface area contributed by atoms with Crippen molar-refractivity contribution in [2.45, 2.75) is 71.1 Å². The summed E-state index contributed by atoms with van der Waals surface area (Å²) in [6.45, 7) is 2.25. The second-order valence-electron chi connectivity index (χ2n) is 5.88. The number of carbonyl (C=O) groups is 1. The number of aliphatic hydroxyl groups excluding tert-OH is 1. The van der Waals surface area contributed by atoms with Crippen LogP contribution in [0, 0.1) is 0 Å². The van der Waals surface area contributed by atoms with Gasteiger partial charge in [-0.1, -0.05) is 82.6 Å². The van der Waals surface area contributed by atoms with E-state index in [4.69, 9.17) is 0 Å². The van der Waals surface area contributed by atoms with Crippen LogP contribution in [0.5, 0.6) is 0 Å². The zero-order valence-electron chi connectivity index (χ0n) is 15.4. The molecular formula is C21H34O3. The molecule has 0 aromatic heterocycles. The first-order valence-corrected chi connectivity index (χ1v) is 9.19. The van der Waals surface area contributed by atoms with Crippen molar-refractivity contribution in [3.05, 3.63) is 48.3 Å². The van der Waals surface area contributed by atoms with Crippen LogP contribution in [-0.2, 0) is 9.53 Å². The Morgan fingerprint density at radius 1 is 0.875 bits per heavy atom. The molecule has 0 aliphatic heterocycles. The van der Waals surface area contributed by atoms with E-state index in [0.717, 1.165) is 6.42 Å². The Morgan fingerprint density at radius 2 is 1.50 bits per heavy atom. The lowest BCUT2D eigenvalue weighted by Crippen LogP contribution is -1.92. The summed E-state index contributed by atoms with van der Waals surface area (Å²) in [5, 5.41) is 9.55. The lowest BCUT2D eigenvalue weighted by atomic mass is 10.1. The summed E-state index contributed by atoms with van der Waals surface area (Å²) < 4.78 is 4.45. The van der Waals surface area contributed by atoms with Crippen LogP contribution in [0.1, 0.15) is 71.1 Å². The molecule has 0 fully saturated rings. The molecule has 0 unspecified atom stereocenters. The molecule has 0 saturated carbocycles. The third kappa shape index (κ3) is 16.6. The third-order valence-corrected chi connectivity index (χ3v) is 3.69. The second kappa shape index (κ2) is 17.6. The van der Waals surface area contributed by atoms with Crippen LogP contribution in [0.25, 0.3) is 0 Å². The maximum absolute atomic E-state index is 10.8. The van der Waals surface area contributed by atoms with E-state index in [1.807, 2.05) is 6.08 Å². The first-order valence-electron chi connectivity index (χ1n) is 9.19. The highest BCUT2D eigenvalue weighted by molar-refractivity contribution is 5.82. The van der Waals surface area contributed by atoms with Gasteiger partial charge in [0, 0.05) is 6.08 Å². The molecule has 3 nitrogen and oxygen atoms in total. The van der Waals surface area contributed by atoms with Crippen molar-refractivity contribution in [1.29, 1.82) is 0 Å². The monoisotopic (exact) mass is 334 g/mol. The topological polar surface area (TPSA) is 46.5 Å². The minimum atomic E-state index is -0.441. The Kier molecular flexibility index (Phi) is 16.3. The van der Waals surface area contributed by atoms with E-state index < -0.39 is 5.97 Å². The fourth-order valence-electron chi connectivity index (χ4n) is 2.25. The Labute approximate surface area is 147 Å². The standard InChI is InChI=1S/C21H34O3/c1-3-4-5-6-7-8-9-10-11-12-13-14-15-17-20(22)18-16-19-21(23)24-2/h13-19,22H,3-12H2,1-2H3/b14-13+,17-15+,19-16+,20-18-. The molecule has 24 heavy (non-hydrogen) atoms. The minimum Gasteiger partial charge on any atom is -0.508 e. The summed E-state index contributed by atoms with van der Waals surface area (Å²) in [7, 11) is 1.31. The van der Waals surface area contributed by atoms with E-state index in [1.165, 1.54) is 83.1 Å². The summed E-state index contributed by atoms with van der Waals surface area (Å²) in [5.74, 6) is -0.341. The number of rotatable bonds is 14. The molecule has 0 heterocycles. The van der Waals surface area contributed by atoms with E-state index >= 15 is 0 Å². The lowest BCUT2D eigenvalue weighted by Gasteiger charge is -2.00. The Morgan fingerprint density at radius 3 is 2.12 bits per heavy atom. The van der Waals surface area contributed by atoms with Crippen molar-refractivity contribution in [1.82, 2.24) is 0 Å². The van der Waals surface area contributed by atoms with Gasteiger partial charge in [-0.05, 0) is 25.0 Å². The zero-order valence-corrected chi connectivity index (χ0v) is 15.4. The average Bonchev–Trinajstić information content (AvgIpc) is 2.58. The molecule has 0 saturated heterocycles. The van der Waals surface area contributed by atoms with E-state index in [9.17, 15) is 9.90 Å². The van der Waals surface area contributed by atoms with E-state index in [2.05, 4.69) is 17.7 Å². The Balaban J connectivity index is 3.59. The summed E-state index contributed by atoms with van der Waals surface area (Å²) in [4.78, 5) is 10.8. The number of aliphatic hydroxyl groups is 1. The molecule has 0 atom stereocenters. The summed E-state index contributed by atoms with van der Waals surface area (Å²) in [6.07, 6.45) is 24.8. The molecule has 1 N–H and O–H groups in total. The van der Waals surface area contributed by atoms with Crippen LogP contribution in [-0.4, -0.2) is 18.2 Å². The molecule has 0 aromatic rings. The first-order chi connectivity index (χ1) is 11.7. The molecule has 0 aliphatic carbocycles. The SMILES string of the molecule is CCCCCCCCCCC/C=C/C=C/C(O)=C/C=C/C(=O)OC. The van der Waals surface area contributed by atoms with E-state index in [1.54, 1.807) is 12.2 Å². The van der Waals surface area contributed by atoms with Gasteiger partial charge < -0.3 is 9.84 Å². The number of ether oxygens (including phenoxy) is 1. The molecule has 0 rings (SSSR count). The Hall–Kier alpha value is -1.77. The number of esters is 1. The predicted molar refractivity (Wildman–Crippen MR) is 102 cm³/mol. The highest BCUT2D eigenvalue weighted by Crippen LogP contribution is 2.10. The minimum absolute atomic E-state index is 0.0999. The molecule has 0 aliphatic rings. The maximum Gasteiger partial charge on any atom is 0.330 e. The van der Waals surface area contributed by atoms with Crippen LogP contribution < -0.4 is 0 Å². The second-order valence-corrected chi connectivity index (χ2v) is 5.88. The van der Waals surface area contributed by atoms with Crippen molar-refractivity contribution in [3.8, 4) is 0 Å². The fraction of sp³-hybridized carbons (Fsp3) is 0.571. The van der Waals surface area contributed by atoms with E-state index in [-0.39, 0.29) is 5.76 Å². The van der Waals surface area contributed by atoms with Gasteiger partial charge in [-0.15, -0.1) is 0 Å². The first kappa shape index (κ1) is 22.2. The summed E-state index contributed by atoms with van der Waals surface area (Å²) in [6, 6.07) is 0. The van der Waals surface area contributed by atoms with Crippen molar-refractivity contribution in [2.75, 3.05) is 7.11 Å². The van der Waals surface area contributed by atoms with Gasteiger partial charge in [0.25, 0.3) is 0 Å². The molecular weight excluding hydrogens is 300 g/mol. The van der Waals surface area contributed by atoms with Crippen LogP contribution in [0.3, 0.4) is 0 Å². The van der Waals surface area contributed by atoms with Crippen molar-refractivity contribution in [3.63, 3.8) is 0 Å². The summed E-state index contributed by atoms with van der Waals surface area (Å²) >= 11 is 0. The largest absolute Gasteiger partial charge is 0.508 e. The van der Waals surface area contributed by atoms with Gasteiger partial charge in [0.05, 0.1) is 7.11 Å². The molecule has 0 bridgehead atoms. The average molecular weight is 335 g/mol. The van der Waals surface area contributed by atoms with Crippen LogP contribution in [0.4, 0.5) is 0 Å². The van der Waals surface area contributed by atoms with Crippen molar-refractivity contribution in [2.24, 2.45) is 0 Å². The number of allylic oxidation sites excluding steroid dienone is 6. The predicted octanol–water partition coefficient (Wildman–Crippen LogP) is 6.19. The smallest absolute Gasteiger partial charge is 0.330 e. The van der Waals surface area contributed by atoms with Crippen molar-refractivity contribution >= 4 is 5.97 Å². The fourth-order valence-corrected chi connectivity index (χ4v) is 2.25. The highest BCUT2D eigenvalue weighted by Gasteiger charge is 1.91. The maximum atomic E-state index is 10.8. The van der Waals surface area contributed by atoms with Gasteiger partial charge in [0.1, 0.15) is 5.76 Å². The van der Waals surface area contributed by atoms with Crippen LogP contribution in [0.15, 0.2) is 48.3 Å². The molecule has 0 radical (unpaired) electrons. The normalized spacial score (nSPS) is 12.7. The Bertz CT molecular complexity index is 417. The number of hydrogen-bond acceptors (Lipinski definition) is 3. The molecule has 3 heteroatoms. The van der Waals surface area contributed by atoms with Gasteiger partial charge in [0.15, 0.2) is 0 Å². The molecule has 136 valence electrons. The highest BCUT2D eigenvalue weighted by atomic mass is 16.5. The molecule has 0 spiro atoms. The zero-order chi connectivity index (χ0) is 17.9. The van der Waals surface area contributed by atoms with Crippen LogP contribution >= 0.6 is 0 Å². The number of methoxy groups -OCH3 is 1. The molecule has 0 aromatic carbocycles. The van der Waals surface area contributed by atoms with Crippen LogP contribution in [0.2, 0.25) is 0 Å². The van der Waals surface area contributed by atoms with Gasteiger partial charge in [-0.2, -0.15) is 0 Å². The number of unbranched alkanes of at least 4 members (excludes halogenated alkanes) is 9. The van der Waals surface area contributed by atoms with E-state index in [0.29, 0.717) is 0 Å².